The standard InChI is InChI=1S/C20H24N2O2/c1-16(23)18-6-8-19(9-7-18)22-12-10-21(11-13-22)15-17-4-3-5-20(14-17)24-2/h3-9,14H,10-13,15H2,1-2H3. The van der Waals surface area contributed by atoms with Crippen LogP contribution in [0, 0.1) is 0 Å². The van der Waals surface area contributed by atoms with Gasteiger partial charge in [0, 0.05) is 44.0 Å². The van der Waals surface area contributed by atoms with E-state index in [2.05, 4.69) is 34.1 Å². The van der Waals surface area contributed by atoms with E-state index in [-0.39, 0.29) is 5.78 Å². The second-order valence-corrected chi connectivity index (χ2v) is 6.22. The van der Waals surface area contributed by atoms with Gasteiger partial charge < -0.3 is 9.64 Å². The number of methoxy groups -OCH3 is 1. The lowest BCUT2D eigenvalue weighted by Gasteiger charge is -2.36. The zero-order valence-corrected chi connectivity index (χ0v) is 14.4. The lowest BCUT2D eigenvalue weighted by atomic mass is 10.1. The summed E-state index contributed by atoms with van der Waals surface area (Å²) < 4.78 is 5.29. The summed E-state index contributed by atoms with van der Waals surface area (Å²) in [6, 6.07) is 16.2. The largest absolute Gasteiger partial charge is 0.497 e. The Morgan fingerprint density at radius 3 is 2.38 bits per heavy atom. The van der Waals surface area contributed by atoms with Gasteiger partial charge in [0.1, 0.15) is 5.75 Å². The molecular formula is C20H24N2O2. The van der Waals surface area contributed by atoms with Crippen LogP contribution in [-0.4, -0.2) is 44.0 Å². The Balaban J connectivity index is 1.56. The highest BCUT2D eigenvalue weighted by atomic mass is 16.5. The molecule has 3 rings (SSSR count). The van der Waals surface area contributed by atoms with E-state index in [9.17, 15) is 4.79 Å². The van der Waals surface area contributed by atoms with Gasteiger partial charge in [-0.15, -0.1) is 0 Å². The fraction of sp³-hybridized carbons (Fsp3) is 0.350. The summed E-state index contributed by atoms with van der Waals surface area (Å²) in [4.78, 5) is 16.2. The van der Waals surface area contributed by atoms with Gasteiger partial charge >= 0.3 is 0 Å². The molecule has 1 aliphatic heterocycles. The van der Waals surface area contributed by atoms with Crippen molar-refractivity contribution in [3.05, 3.63) is 59.7 Å². The number of hydrogen-bond acceptors (Lipinski definition) is 4. The zero-order chi connectivity index (χ0) is 16.9. The summed E-state index contributed by atoms with van der Waals surface area (Å²) in [5.74, 6) is 1.03. The van der Waals surface area contributed by atoms with Gasteiger partial charge in [0.05, 0.1) is 7.11 Å². The first-order valence-corrected chi connectivity index (χ1v) is 8.37. The van der Waals surface area contributed by atoms with Gasteiger partial charge in [-0.05, 0) is 48.9 Å². The third-order valence-electron chi connectivity index (χ3n) is 4.55. The minimum atomic E-state index is 0.115. The van der Waals surface area contributed by atoms with E-state index < -0.39 is 0 Å². The molecule has 2 aromatic carbocycles. The summed E-state index contributed by atoms with van der Waals surface area (Å²) in [6.07, 6.45) is 0. The first-order valence-electron chi connectivity index (χ1n) is 8.37. The maximum atomic E-state index is 11.4. The van der Waals surface area contributed by atoms with Crippen LogP contribution in [-0.2, 0) is 6.54 Å². The molecule has 126 valence electrons. The fourth-order valence-corrected chi connectivity index (χ4v) is 3.10. The molecule has 0 atom stereocenters. The lowest BCUT2D eigenvalue weighted by Crippen LogP contribution is -2.45. The zero-order valence-electron chi connectivity index (χ0n) is 14.4. The van der Waals surface area contributed by atoms with Crippen molar-refractivity contribution in [1.82, 2.24) is 4.90 Å². The van der Waals surface area contributed by atoms with Gasteiger partial charge in [0.15, 0.2) is 5.78 Å². The lowest BCUT2D eigenvalue weighted by molar-refractivity contribution is 0.101. The Hall–Kier alpha value is -2.33. The summed E-state index contributed by atoms with van der Waals surface area (Å²) >= 11 is 0. The smallest absolute Gasteiger partial charge is 0.159 e. The number of Topliss-reactive ketones (excluding diaryl/α,β-unsaturated/α-hetero) is 1. The van der Waals surface area contributed by atoms with Crippen LogP contribution in [0.25, 0.3) is 0 Å². The second kappa shape index (κ2) is 7.49. The van der Waals surface area contributed by atoms with Crippen molar-refractivity contribution in [3.8, 4) is 5.75 Å². The van der Waals surface area contributed by atoms with Gasteiger partial charge in [0.2, 0.25) is 0 Å². The predicted molar refractivity (Wildman–Crippen MR) is 96.9 cm³/mol. The molecule has 4 nitrogen and oxygen atoms in total. The van der Waals surface area contributed by atoms with Gasteiger partial charge in [-0.25, -0.2) is 0 Å². The number of ketones is 1. The van der Waals surface area contributed by atoms with Crippen LogP contribution in [0.2, 0.25) is 0 Å². The highest BCUT2D eigenvalue weighted by molar-refractivity contribution is 5.94. The monoisotopic (exact) mass is 324 g/mol. The number of benzene rings is 2. The molecule has 0 bridgehead atoms. The van der Waals surface area contributed by atoms with Crippen molar-refractivity contribution in [2.75, 3.05) is 38.2 Å². The third kappa shape index (κ3) is 3.95. The second-order valence-electron chi connectivity index (χ2n) is 6.22. The van der Waals surface area contributed by atoms with Crippen LogP contribution in [0.5, 0.6) is 5.75 Å². The van der Waals surface area contributed by atoms with Gasteiger partial charge in [-0.1, -0.05) is 12.1 Å². The molecule has 2 aromatic rings. The number of ether oxygens (including phenoxy) is 1. The number of piperazine rings is 1. The third-order valence-corrected chi connectivity index (χ3v) is 4.55. The Morgan fingerprint density at radius 1 is 1.04 bits per heavy atom. The highest BCUT2D eigenvalue weighted by Gasteiger charge is 2.17. The van der Waals surface area contributed by atoms with Crippen molar-refractivity contribution < 1.29 is 9.53 Å². The average Bonchev–Trinajstić information content (AvgIpc) is 2.62. The van der Waals surface area contributed by atoms with Crippen LogP contribution in [0.4, 0.5) is 5.69 Å². The van der Waals surface area contributed by atoms with Gasteiger partial charge in [0.25, 0.3) is 0 Å². The molecule has 0 saturated carbocycles. The SMILES string of the molecule is COc1cccc(CN2CCN(c3ccc(C(C)=O)cc3)CC2)c1. The van der Waals surface area contributed by atoms with E-state index in [4.69, 9.17) is 4.74 Å². The van der Waals surface area contributed by atoms with E-state index in [1.807, 2.05) is 24.3 Å². The van der Waals surface area contributed by atoms with Crippen molar-refractivity contribution in [2.24, 2.45) is 0 Å². The van der Waals surface area contributed by atoms with Crippen LogP contribution in [0.1, 0.15) is 22.8 Å². The molecule has 1 heterocycles. The minimum Gasteiger partial charge on any atom is -0.497 e. The molecule has 0 unspecified atom stereocenters. The normalized spacial score (nSPS) is 15.3. The van der Waals surface area contributed by atoms with E-state index in [0.29, 0.717) is 0 Å². The summed E-state index contributed by atoms with van der Waals surface area (Å²) in [5.41, 5.74) is 3.25. The van der Waals surface area contributed by atoms with Gasteiger partial charge in [-0.2, -0.15) is 0 Å². The molecule has 4 heteroatoms. The predicted octanol–water partition coefficient (Wildman–Crippen LogP) is 3.22. The van der Waals surface area contributed by atoms with E-state index in [1.165, 1.54) is 11.3 Å². The van der Waals surface area contributed by atoms with E-state index in [0.717, 1.165) is 44.0 Å². The maximum absolute atomic E-state index is 11.4. The Labute approximate surface area is 143 Å². The van der Waals surface area contributed by atoms with E-state index >= 15 is 0 Å². The summed E-state index contributed by atoms with van der Waals surface area (Å²) in [7, 11) is 1.70. The molecule has 0 N–H and O–H groups in total. The highest BCUT2D eigenvalue weighted by Crippen LogP contribution is 2.19. The average molecular weight is 324 g/mol. The number of anilines is 1. The number of hydrogen-bond donors (Lipinski definition) is 0. The van der Waals surface area contributed by atoms with Crippen LogP contribution < -0.4 is 9.64 Å². The fourth-order valence-electron chi connectivity index (χ4n) is 3.10. The van der Waals surface area contributed by atoms with Gasteiger partial charge in [-0.3, -0.25) is 9.69 Å². The van der Waals surface area contributed by atoms with Crippen LogP contribution in [0.15, 0.2) is 48.5 Å². The molecule has 1 saturated heterocycles. The van der Waals surface area contributed by atoms with E-state index in [1.54, 1.807) is 14.0 Å². The Bertz CT molecular complexity index is 689. The molecular weight excluding hydrogens is 300 g/mol. The molecule has 0 aromatic heterocycles. The first kappa shape index (κ1) is 16.5. The Morgan fingerprint density at radius 2 is 1.75 bits per heavy atom. The molecule has 0 spiro atoms. The summed E-state index contributed by atoms with van der Waals surface area (Å²) in [5, 5.41) is 0. The molecule has 1 aliphatic rings. The first-order chi connectivity index (χ1) is 11.7. The molecule has 0 amide bonds. The number of carbonyl (C=O) groups is 1. The van der Waals surface area contributed by atoms with Crippen LogP contribution in [0.3, 0.4) is 0 Å². The molecule has 0 radical (unpaired) electrons. The van der Waals surface area contributed by atoms with Crippen molar-refractivity contribution in [1.29, 1.82) is 0 Å². The molecule has 0 aliphatic carbocycles. The summed E-state index contributed by atoms with van der Waals surface area (Å²) in [6.45, 7) is 6.63. The van der Waals surface area contributed by atoms with Crippen molar-refractivity contribution >= 4 is 11.5 Å². The number of carbonyl (C=O) groups excluding carboxylic acids is 1. The van der Waals surface area contributed by atoms with Crippen LogP contribution >= 0.6 is 0 Å². The van der Waals surface area contributed by atoms with Crippen molar-refractivity contribution in [3.63, 3.8) is 0 Å². The molecule has 1 fully saturated rings. The van der Waals surface area contributed by atoms with Crippen molar-refractivity contribution in [2.45, 2.75) is 13.5 Å². The Kier molecular flexibility index (Phi) is 5.16. The number of nitrogens with zero attached hydrogens (tertiary/aromatic N) is 2. The molecule has 24 heavy (non-hydrogen) atoms. The topological polar surface area (TPSA) is 32.8 Å². The quantitative estimate of drug-likeness (QED) is 0.791. The number of rotatable bonds is 5. The maximum Gasteiger partial charge on any atom is 0.159 e. The minimum absolute atomic E-state index is 0.115.